The molecule has 1 rings (SSSR count). The molecule has 1 fully saturated rings. The molecule has 0 aromatic rings. The Balaban J connectivity index is 2.29. The molecule has 1 N–H and O–H groups in total. The van der Waals surface area contributed by atoms with Crippen molar-refractivity contribution in [1.82, 2.24) is 5.32 Å². The van der Waals surface area contributed by atoms with Gasteiger partial charge in [0.05, 0.1) is 12.2 Å². The summed E-state index contributed by atoms with van der Waals surface area (Å²) in [4.78, 5) is 0. The number of hydrogen-bond donors (Lipinski definition) is 1. The van der Waals surface area contributed by atoms with E-state index in [-0.39, 0.29) is 5.60 Å². The molecule has 60 valence electrons. The first-order valence-electron chi connectivity index (χ1n) is 4.01. The van der Waals surface area contributed by atoms with Crippen molar-refractivity contribution in [3.8, 4) is 0 Å². The third-order valence-electron chi connectivity index (χ3n) is 1.91. The van der Waals surface area contributed by atoms with Gasteiger partial charge in [0.15, 0.2) is 0 Å². The van der Waals surface area contributed by atoms with Crippen LogP contribution >= 0.6 is 0 Å². The minimum absolute atomic E-state index is 0.104. The van der Waals surface area contributed by atoms with Crippen LogP contribution in [0.1, 0.15) is 27.2 Å². The van der Waals surface area contributed by atoms with Crippen molar-refractivity contribution >= 4 is 0 Å². The molecule has 2 nitrogen and oxygen atoms in total. The summed E-state index contributed by atoms with van der Waals surface area (Å²) in [5, 5.41) is 3.38. The van der Waals surface area contributed by atoms with Gasteiger partial charge in [0.25, 0.3) is 0 Å². The average molecular weight is 143 g/mol. The maximum absolute atomic E-state index is 5.54. The lowest BCUT2D eigenvalue weighted by molar-refractivity contribution is 0.0357. The van der Waals surface area contributed by atoms with E-state index in [9.17, 15) is 0 Å². The van der Waals surface area contributed by atoms with Gasteiger partial charge in [-0.2, -0.15) is 0 Å². The third kappa shape index (κ3) is 1.96. The van der Waals surface area contributed by atoms with Crippen molar-refractivity contribution in [1.29, 1.82) is 0 Å². The molecule has 0 bridgehead atoms. The Bertz CT molecular complexity index is 112. The van der Waals surface area contributed by atoms with Crippen LogP contribution in [0.3, 0.4) is 0 Å². The summed E-state index contributed by atoms with van der Waals surface area (Å²) in [6.07, 6.45) is 1.14. The van der Waals surface area contributed by atoms with E-state index in [0.717, 1.165) is 19.6 Å². The van der Waals surface area contributed by atoms with Crippen LogP contribution in [-0.2, 0) is 4.74 Å². The number of ether oxygens (including phenoxy) is 1. The highest BCUT2D eigenvalue weighted by molar-refractivity contribution is 4.84. The molecule has 2 heteroatoms. The van der Waals surface area contributed by atoms with E-state index in [1.54, 1.807) is 0 Å². The summed E-state index contributed by atoms with van der Waals surface area (Å²) < 4.78 is 5.54. The molecular weight excluding hydrogens is 126 g/mol. The van der Waals surface area contributed by atoms with Crippen LogP contribution in [0.2, 0.25) is 0 Å². The van der Waals surface area contributed by atoms with Crippen molar-refractivity contribution in [2.75, 3.05) is 13.2 Å². The minimum atomic E-state index is 0.104. The Morgan fingerprint density at radius 3 is 2.70 bits per heavy atom. The zero-order chi connectivity index (χ0) is 7.61. The van der Waals surface area contributed by atoms with E-state index in [1.807, 2.05) is 0 Å². The van der Waals surface area contributed by atoms with Crippen LogP contribution in [0.5, 0.6) is 0 Å². The van der Waals surface area contributed by atoms with Gasteiger partial charge in [0.2, 0.25) is 0 Å². The van der Waals surface area contributed by atoms with Gasteiger partial charge in [-0.1, -0.05) is 6.92 Å². The van der Waals surface area contributed by atoms with E-state index in [0.29, 0.717) is 6.04 Å². The summed E-state index contributed by atoms with van der Waals surface area (Å²) in [7, 11) is 0. The predicted octanol–water partition coefficient (Wildman–Crippen LogP) is 1.16. The van der Waals surface area contributed by atoms with Crippen LogP contribution < -0.4 is 5.32 Å². The number of nitrogens with one attached hydrogen (secondary N) is 1. The fourth-order valence-electron chi connectivity index (χ4n) is 1.46. The lowest BCUT2D eigenvalue weighted by Gasteiger charge is -2.15. The van der Waals surface area contributed by atoms with E-state index in [2.05, 4.69) is 26.1 Å². The molecule has 1 unspecified atom stereocenters. The van der Waals surface area contributed by atoms with Gasteiger partial charge in [0, 0.05) is 6.04 Å². The van der Waals surface area contributed by atoms with Crippen LogP contribution in [0, 0.1) is 0 Å². The first-order valence-corrected chi connectivity index (χ1v) is 4.01. The Hall–Kier alpha value is -0.0800. The number of likely N-dealkylation sites (N-methyl/N-ethyl adjacent to an activating group) is 1. The summed E-state index contributed by atoms with van der Waals surface area (Å²) >= 11 is 0. The molecule has 1 heterocycles. The molecule has 0 aromatic heterocycles. The fourth-order valence-corrected chi connectivity index (χ4v) is 1.46. The van der Waals surface area contributed by atoms with Crippen molar-refractivity contribution in [2.24, 2.45) is 0 Å². The van der Waals surface area contributed by atoms with E-state index in [4.69, 9.17) is 4.74 Å². The second kappa shape index (κ2) is 2.89. The molecule has 1 aliphatic rings. The van der Waals surface area contributed by atoms with E-state index < -0.39 is 0 Å². The second-order valence-corrected chi connectivity index (χ2v) is 3.53. The lowest BCUT2D eigenvalue weighted by atomic mass is 10.0. The highest BCUT2D eigenvalue weighted by Crippen LogP contribution is 2.23. The number of rotatable bonds is 2. The van der Waals surface area contributed by atoms with Crippen LogP contribution in [0.15, 0.2) is 0 Å². The maximum Gasteiger partial charge on any atom is 0.0643 e. The van der Waals surface area contributed by atoms with Crippen molar-refractivity contribution in [3.05, 3.63) is 0 Å². The van der Waals surface area contributed by atoms with Crippen molar-refractivity contribution in [3.63, 3.8) is 0 Å². The molecule has 0 aliphatic carbocycles. The van der Waals surface area contributed by atoms with E-state index >= 15 is 0 Å². The van der Waals surface area contributed by atoms with Crippen molar-refractivity contribution in [2.45, 2.75) is 38.8 Å². The van der Waals surface area contributed by atoms with Gasteiger partial charge in [0.1, 0.15) is 0 Å². The summed E-state index contributed by atoms with van der Waals surface area (Å²) in [6.45, 7) is 8.34. The SMILES string of the molecule is CCNC1COC(C)(C)C1. The Kier molecular flexibility index (Phi) is 2.32. The largest absolute Gasteiger partial charge is 0.374 e. The summed E-state index contributed by atoms with van der Waals surface area (Å²) in [5.74, 6) is 0. The Morgan fingerprint density at radius 1 is 1.60 bits per heavy atom. The summed E-state index contributed by atoms with van der Waals surface area (Å²) in [6, 6.07) is 0.583. The molecule has 10 heavy (non-hydrogen) atoms. The topological polar surface area (TPSA) is 21.3 Å². The quantitative estimate of drug-likeness (QED) is 0.626. The minimum Gasteiger partial charge on any atom is -0.374 e. The zero-order valence-electron chi connectivity index (χ0n) is 7.11. The van der Waals surface area contributed by atoms with Crippen LogP contribution in [0.25, 0.3) is 0 Å². The molecule has 0 amide bonds. The number of hydrogen-bond acceptors (Lipinski definition) is 2. The first kappa shape index (κ1) is 8.02. The highest BCUT2D eigenvalue weighted by Gasteiger charge is 2.30. The lowest BCUT2D eigenvalue weighted by Crippen LogP contribution is -2.29. The molecule has 0 radical (unpaired) electrons. The van der Waals surface area contributed by atoms with Gasteiger partial charge in [-0.3, -0.25) is 0 Å². The molecule has 1 atom stereocenters. The monoisotopic (exact) mass is 143 g/mol. The first-order chi connectivity index (χ1) is 4.64. The smallest absolute Gasteiger partial charge is 0.0643 e. The van der Waals surface area contributed by atoms with Gasteiger partial charge in [-0.15, -0.1) is 0 Å². The van der Waals surface area contributed by atoms with E-state index in [1.165, 1.54) is 0 Å². The highest BCUT2D eigenvalue weighted by atomic mass is 16.5. The molecule has 0 saturated carbocycles. The normalized spacial score (nSPS) is 30.9. The maximum atomic E-state index is 5.54. The van der Waals surface area contributed by atoms with Crippen molar-refractivity contribution < 1.29 is 4.74 Å². The Morgan fingerprint density at radius 2 is 2.30 bits per heavy atom. The van der Waals surface area contributed by atoms with Gasteiger partial charge >= 0.3 is 0 Å². The summed E-state index contributed by atoms with van der Waals surface area (Å²) in [5.41, 5.74) is 0.104. The molecular formula is C8H17NO. The zero-order valence-corrected chi connectivity index (χ0v) is 7.11. The second-order valence-electron chi connectivity index (χ2n) is 3.53. The molecule has 1 saturated heterocycles. The molecule has 0 spiro atoms. The Labute approximate surface area is 63.0 Å². The third-order valence-corrected chi connectivity index (χ3v) is 1.91. The fraction of sp³-hybridized carbons (Fsp3) is 1.00. The van der Waals surface area contributed by atoms with Gasteiger partial charge < -0.3 is 10.1 Å². The standard InChI is InChI=1S/C8H17NO/c1-4-9-7-5-8(2,3)10-6-7/h7,9H,4-6H2,1-3H3. The average Bonchev–Trinajstić information content (AvgIpc) is 2.12. The van der Waals surface area contributed by atoms with Crippen LogP contribution in [-0.4, -0.2) is 24.8 Å². The molecule has 1 aliphatic heterocycles. The molecule has 0 aromatic carbocycles. The van der Waals surface area contributed by atoms with Gasteiger partial charge in [-0.05, 0) is 26.8 Å². The van der Waals surface area contributed by atoms with Gasteiger partial charge in [-0.25, -0.2) is 0 Å². The van der Waals surface area contributed by atoms with Crippen LogP contribution in [0.4, 0.5) is 0 Å². The predicted molar refractivity (Wildman–Crippen MR) is 42.1 cm³/mol.